The van der Waals surface area contributed by atoms with Crippen molar-refractivity contribution >= 4 is 0 Å². The van der Waals surface area contributed by atoms with Crippen LogP contribution in [0, 0.1) is 0 Å². The zero-order chi connectivity index (χ0) is 11.7. The predicted molar refractivity (Wildman–Crippen MR) is 66.1 cm³/mol. The zero-order valence-corrected chi connectivity index (χ0v) is 9.72. The van der Waals surface area contributed by atoms with Crippen LogP contribution in [0.25, 0.3) is 0 Å². The molecule has 2 nitrogen and oxygen atoms in total. The first-order valence-electron chi connectivity index (χ1n) is 5.72. The minimum absolute atomic E-state index is 0.0668. The average molecular weight is 226 g/mol. The molecule has 1 aliphatic rings. The smallest absolute Gasteiger partial charge is 0.119 e. The summed E-state index contributed by atoms with van der Waals surface area (Å²) in [5.74, 6) is 0.890. The van der Waals surface area contributed by atoms with Crippen LogP contribution < -0.4 is 4.74 Å². The second-order valence-electron chi connectivity index (χ2n) is 4.17. The highest BCUT2D eigenvalue weighted by molar-refractivity contribution is 5.42. The van der Waals surface area contributed by atoms with E-state index in [0.29, 0.717) is 6.61 Å². The molecule has 0 bridgehead atoms. The van der Waals surface area contributed by atoms with Gasteiger partial charge in [0.05, 0.1) is 13.7 Å². The highest BCUT2D eigenvalue weighted by atomic mass is 16.5. The molecular formula is C15H14O2. The summed E-state index contributed by atoms with van der Waals surface area (Å²) < 4.78 is 11.1. The Morgan fingerprint density at radius 1 is 1.12 bits per heavy atom. The molecule has 0 fully saturated rings. The van der Waals surface area contributed by atoms with Crippen LogP contribution in [-0.2, 0) is 11.3 Å². The molecule has 1 atom stereocenters. The van der Waals surface area contributed by atoms with Gasteiger partial charge in [0, 0.05) is 0 Å². The lowest BCUT2D eigenvalue weighted by molar-refractivity contribution is 0.0939. The summed E-state index contributed by atoms with van der Waals surface area (Å²) in [7, 11) is 1.69. The first kappa shape index (κ1) is 10.4. The Labute approximate surface area is 101 Å². The van der Waals surface area contributed by atoms with Gasteiger partial charge in [0.1, 0.15) is 11.9 Å². The number of hydrogen-bond donors (Lipinski definition) is 0. The Kier molecular flexibility index (Phi) is 2.57. The molecular weight excluding hydrogens is 212 g/mol. The maximum absolute atomic E-state index is 5.85. The summed E-state index contributed by atoms with van der Waals surface area (Å²) in [5.41, 5.74) is 3.67. The van der Waals surface area contributed by atoms with Crippen LogP contribution in [0.1, 0.15) is 22.8 Å². The van der Waals surface area contributed by atoms with E-state index in [4.69, 9.17) is 9.47 Å². The van der Waals surface area contributed by atoms with Gasteiger partial charge >= 0.3 is 0 Å². The van der Waals surface area contributed by atoms with E-state index in [9.17, 15) is 0 Å². The van der Waals surface area contributed by atoms with Crippen molar-refractivity contribution in [2.24, 2.45) is 0 Å². The molecule has 2 heteroatoms. The van der Waals surface area contributed by atoms with Crippen LogP contribution in [-0.4, -0.2) is 7.11 Å². The van der Waals surface area contributed by atoms with Gasteiger partial charge in [-0.1, -0.05) is 36.4 Å². The number of ether oxygens (including phenoxy) is 2. The maximum Gasteiger partial charge on any atom is 0.119 e. The molecule has 3 rings (SSSR count). The standard InChI is InChI=1S/C15H14O2/c1-16-13-7-8-14-12(9-13)10-17-15(14)11-5-3-2-4-6-11/h2-9,15H,10H2,1H3. The van der Waals surface area contributed by atoms with Crippen LogP contribution in [0.5, 0.6) is 5.75 Å². The molecule has 0 aliphatic carbocycles. The molecule has 86 valence electrons. The second-order valence-corrected chi connectivity index (χ2v) is 4.17. The maximum atomic E-state index is 5.85. The van der Waals surface area contributed by atoms with Crippen LogP contribution in [0.4, 0.5) is 0 Å². The van der Waals surface area contributed by atoms with Crippen LogP contribution in [0.15, 0.2) is 48.5 Å². The summed E-state index contributed by atoms with van der Waals surface area (Å²) in [6.07, 6.45) is 0.0668. The third-order valence-corrected chi connectivity index (χ3v) is 3.14. The summed E-state index contributed by atoms with van der Waals surface area (Å²) in [6.45, 7) is 0.659. The number of fused-ring (bicyclic) bond motifs is 1. The monoisotopic (exact) mass is 226 g/mol. The number of rotatable bonds is 2. The third kappa shape index (κ3) is 1.81. The van der Waals surface area contributed by atoms with Crippen molar-refractivity contribution in [3.8, 4) is 5.75 Å². The van der Waals surface area contributed by atoms with Gasteiger partial charge in [0.2, 0.25) is 0 Å². The van der Waals surface area contributed by atoms with Gasteiger partial charge in [-0.05, 0) is 28.8 Å². The summed E-state index contributed by atoms with van der Waals surface area (Å²) in [5, 5.41) is 0. The molecule has 0 saturated carbocycles. The Morgan fingerprint density at radius 3 is 2.71 bits per heavy atom. The van der Waals surface area contributed by atoms with Crippen molar-refractivity contribution in [2.45, 2.75) is 12.7 Å². The Balaban J connectivity index is 1.99. The van der Waals surface area contributed by atoms with Gasteiger partial charge in [-0.15, -0.1) is 0 Å². The Morgan fingerprint density at radius 2 is 1.94 bits per heavy atom. The predicted octanol–water partition coefficient (Wildman–Crippen LogP) is 3.31. The van der Waals surface area contributed by atoms with Gasteiger partial charge in [-0.25, -0.2) is 0 Å². The first-order chi connectivity index (χ1) is 8.38. The molecule has 1 aliphatic heterocycles. The van der Waals surface area contributed by atoms with E-state index in [1.165, 1.54) is 16.7 Å². The lowest BCUT2D eigenvalue weighted by atomic mass is 9.99. The Bertz CT molecular complexity index is 520. The van der Waals surface area contributed by atoms with Gasteiger partial charge in [0.25, 0.3) is 0 Å². The van der Waals surface area contributed by atoms with E-state index in [2.05, 4.69) is 24.3 Å². The normalized spacial score (nSPS) is 17.8. The van der Waals surface area contributed by atoms with Crippen LogP contribution in [0.3, 0.4) is 0 Å². The first-order valence-corrected chi connectivity index (χ1v) is 5.72. The second kappa shape index (κ2) is 4.22. The highest BCUT2D eigenvalue weighted by Gasteiger charge is 2.24. The van der Waals surface area contributed by atoms with Crippen molar-refractivity contribution in [3.05, 3.63) is 65.2 Å². The van der Waals surface area contributed by atoms with E-state index in [1.807, 2.05) is 24.3 Å². The summed E-state index contributed by atoms with van der Waals surface area (Å²) in [6, 6.07) is 16.4. The van der Waals surface area contributed by atoms with E-state index >= 15 is 0 Å². The van der Waals surface area contributed by atoms with Gasteiger partial charge in [0.15, 0.2) is 0 Å². The fraction of sp³-hybridized carbons (Fsp3) is 0.200. The molecule has 0 radical (unpaired) electrons. The largest absolute Gasteiger partial charge is 0.497 e. The fourth-order valence-electron chi connectivity index (χ4n) is 2.26. The topological polar surface area (TPSA) is 18.5 Å². The van der Waals surface area contributed by atoms with E-state index < -0.39 is 0 Å². The van der Waals surface area contributed by atoms with Crippen molar-refractivity contribution in [3.63, 3.8) is 0 Å². The lowest BCUT2D eigenvalue weighted by Gasteiger charge is -2.11. The Hall–Kier alpha value is -1.80. The molecule has 0 spiro atoms. The molecule has 2 aromatic carbocycles. The molecule has 0 aromatic heterocycles. The summed E-state index contributed by atoms with van der Waals surface area (Å²) in [4.78, 5) is 0. The van der Waals surface area contributed by atoms with E-state index in [-0.39, 0.29) is 6.10 Å². The number of benzene rings is 2. The highest BCUT2D eigenvalue weighted by Crippen LogP contribution is 2.37. The number of hydrogen-bond acceptors (Lipinski definition) is 2. The van der Waals surface area contributed by atoms with Crippen molar-refractivity contribution < 1.29 is 9.47 Å². The average Bonchev–Trinajstić information content (AvgIpc) is 2.82. The number of methoxy groups -OCH3 is 1. The fourth-order valence-corrected chi connectivity index (χ4v) is 2.26. The molecule has 1 unspecified atom stereocenters. The molecule has 0 saturated heterocycles. The van der Waals surface area contributed by atoms with Crippen molar-refractivity contribution in [2.75, 3.05) is 7.11 Å². The van der Waals surface area contributed by atoms with E-state index in [1.54, 1.807) is 7.11 Å². The molecule has 1 heterocycles. The minimum atomic E-state index is 0.0668. The van der Waals surface area contributed by atoms with Crippen LogP contribution >= 0.6 is 0 Å². The minimum Gasteiger partial charge on any atom is -0.497 e. The summed E-state index contributed by atoms with van der Waals surface area (Å²) >= 11 is 0. The molecule has 2 aromatic rings. The molecule has 0 amide bonds. The van der Waals surface area contributed by atoms with Gasteiger partial charge in [-0.3, -0.25) is 0 Å². The van der Waals surface area contributed by atoms with E-state index in [0.717, 1.165) is 5.75 Å². The van der Waals surface area contributed by atoms with Crippen molar-refractivity contribution in [1.29, 1.82) is 0 Å². The third-order valence-electron chi connectivity index (χ3n) is 3.14. The SMILES string of the molecule is COc1ccc2c(c1)COC2c1ccccc1. The molecule has 17 heavy (non-hydrogen) atoms. The van der Waals surface area contributed by atoms with Crippen molar-refractivity contribution in [1.82, 2.24) is 0 Å². The lowest BCUT2D eigenvalue weighted by Crippen LogP contribution is -1.97. The zero-order valence-electron chi connectivity index (χ0n) is 9.72. The van der Waals surface area contributed by atoms with Crippen LogP contribution in [0.2, 0.25) is 0 Å². The molecule has 0 N–H and O–H groups in total. The van der Waals surface area contributed by atoms with Gasteiger partial charge in [-0.2, -0.15) is 0 Å². The quantitative estimate of drug-likeness (QED) is 0.782. The van der Waals surface area contributed by atoms with Gasteiger partial charge < -0.3 is 9.47 Å².